The Morgan fingerprint density at radius 1 is 1.08 bits per heavy atom. The molecule has 7 heteroatoms. The summed E-state index contributed by atoms with van der Waals surface area (Å²) in [6.45, 7) is 3.42. The minimum absolute atomic E-state index is 0.286. The highest BCUT2D eigenvalue weighted by Gasteiger charge is 2.19. The fourth-order valence-corrected chi connectivity index (χ4v) is 3.63. The van der Waals surface area contributed by atoms with Crippen molar-refractivity contribution in [3.8, 4) is 5.75 Å². The van der Waals surface area contributed by atoms with E-state index in [9.17, 15) is 5.11 Å². The molecule has 1 heterocycles. The van der Waals surface area contributed by atoms with Crippen molar-refractivity contribution in [3.63, 3.8) is 0 Å². The Bertz CT molecular complexity index is 733. The van der Waals surface area contributed by atoms with Crippen molar-refractivity contribution in [2.45, 2.75) is 0 Å². The molecule has 1 fully saturated rings. The third kappa shape index (κ3) is 4.12. The molecule has 2 aromatic rings. The number of nitrogens with one attached hydrogen (secondary N) is 1. The maximum atomic E-state index is 9.38. The molecule has 1 saturated heterocycles. The Morgan fingerprint density at radius 2 is 1.75 bits per heavy atom. The third-order valence-corrected chi connectivity index (χ3v) is 5.12. The molecule has 0 amide bonds. The fourth-order valence-electron chi connectivity index (χ4n) is 2.62. The summed E-state index contributed by atoms with van der Waals surface area (Å²) in [6.07, 6.45) is 0. The van der Waals surface area contributed by atoms with Crippen molar-refractivity contribution in [1.82, 2.24) is 4.90 Å². The van der Waals surface area contributed by atoms with E-state index in [4.69, 9.17) is 23.8 Å². The molecular weight excluding hydrogens is 410 g/mol. The van der Waals surface area contributed by atoms with Crippen LogP contribution in [0, 0.1) is 0 Å². The Kier molecular flexibility index (Phi) is 5.48. The van der Waals surface area contributed by atoms with E-state index in [1.807, 2.05) is 30.3 Å². The lowest BCUT2D eigenvalue weighted by Crippen LogP contribution is -2.50. The van der Waals surface area contributed by atoms with E-state index in [0.29, 0.717) is 10.1 Å². The van der Waals surface area contributed by atoms with Gasteiger partial charge in [0.15, 0.2) is 5.11 Å². The third-order valence-electron chi connectivity index (χ3n) is 3.95. The summed E-state index contributed by atoms with van der Waals surface area (Å²) in [7, 11) is 0. The number of phenols is 1. The van der Waals surface area contributed by atoms with Gasteiger partial charge in [0.05, 0.1) is 10.7 Å². The van der Waals surface area contributed by atoms with E-state index in [1.165, 1.54) is 0 Å². The molecule has 0 radical (unpaired) electrons. The van der Waals surface area contributed by atoms with Crippen LogP contribution < -0.4 is 10.2 Å². The number of rotatable bonds is 2. The molecule has 1 aliphatic rings. The molecule has 24 heavy (non-hydrogen) atoms. The first-order valence-corrected chi connectivity index (χ1v) is 9.16. The van der Waals surface area contributed by atoms with Gasteiger partial charge in [0, 0.05) is 36.3 Å². The van der Waals surface area contributed by atoms with Gasteiger partial charge in [0.25, 0.3) is 0 Å². The van der Waals surface area contributed by atoms with Gasteiger partial charge in [-0.05, 0) is 54.7 Å². The quantitative estimate of drug-likeness (QED) is 0.700. The second-order valence-corrected chi connectivity index (χ2v) is 7.25. The van der Waals surface area contributed by atoms with Crippen LogP contribution in [0.2, 0.25) is 5.02 Å². The SMILES string of the molecule is Oc1ccc(N2CCN(C(=S)Nc3ccc(Br)cc3Cl)CC2)cc1. The van der Waals surface area contributed by atoms with Crippen LogP contribution in [0.4, 0.5) is 11.4 Å². The predicted octanol–water partition coefficient (Wildman–Crippen LogP) is 4.33. The summed E-state index contributed by atoms with van der Waals surface area (Å²) < 4.78 is 0.937. The number of hydrogen-bond acceptors (Lipinski definition) is 3. The highest BCUT2D eigenvalue weighted by Crippen LogP contribution is 2.26. The molecule has 0 aromatic heterocycles. The molecule has 0 atom stereocenters. The molecule has 0 aliphatic carbocycles. The number of thiocarbonyl (C=S) groups is 1. The lowest BCUT2D eigenvalue weighted by molar-refractivity contribution is 0.391. The highest BCUT2D eigenvalue weighted by molar-refractivity contribution is 9.10. The van der Waals surface area contributed by atoms with Crippen molar-refractivity contribution >= 4 is 56.2 Å². The number of halogens is 2. The number of aromatic hydroxyl groups is 1. The summed E-state index contributed by atoms with van der Waals surface area (Å²) in [5, 5.41) is 13.9. The Hall–Kier alpha value is -1.50. The van der Waals surface area contributed by atoms with E-state index in [0.717, 1.165) is 42.0 Å². The molecule has 3 rings (SSSR count). The predicted molar refractivity (Wildman–Crippen MR) is 107 cm³/mol. The number of piperazine rings is 1. The molecule has 0 bridgehead atoms. The topological polar surface area (TPSA) is 38.7 Å². The van der Waals surface area contributed by atoms with Crippen molar-refractivity contribution in [1.29, 1.82) is 0 Å². The number of phenolic OH excluding ortho intramolecular Hbond substituents is 1. The smallest absolute Gasteiger partial charge is 0.173 e. The normalized spacial score (nSPS) is 14.6. The summed E-state index contributed by atoms with van der Waals surface area (Å²) in [4.78, 5) is 4.43. The van der Waals surface area contributed by atoms with Crippen LogP contribution >= 0.6 is 39.7 Å². The monoisotopic (exact) mass is 425 g/mol. The largest absolute Gasteiger partial charge is 0.508 e. The molecule has 4 nitrogen and oxygen atoms in total. The second-order valence-electron chi connectivity index (χ2n) is 5.54. The van der Waals surface area contributed by atoms with Crippen LogP contribution in [0.3, 0.4) is 0 Å². The lowest BCUT2D eigenvalue weighted by atomic mass is 10.2. The van der Waals surface area contributed by atoms with Crippen LogP contribution in [0.15, 0.2) is 46.9 Å². The van der Waals surface area contributed by atoms with Gasteiger partial charge in [-0.3, -0.25) is 0 Å². The van der Waals surface area contributed by atoms with Crippen LogP contribution in [0.5, 0.6) is 5.75 Å². The molecule has 2 N–H and O–H groups in total. The molecule has 2 aromatic carbocycles. The van der Waals surface area contributed by atoms with Crippen molar-refractivity contribution < 1.29 is 5.11 Å². The first-order valence-electron chi connectivity index (χ1n) is 7.58. The van der Waals surface area contributed by atoms with Crippen LogP contribution in [-0.2, 0) is 0 Å². The molecule has 1 aliphatic heterocycles. The zero-order valence-corrected chi connectivity index (χ0v) is 16.0. The van der Waals surface area contributed by atoms with E-state index < -0.39 is 0 Å². The minimum Gasteiger partial charge on any atom is -0.508 e. The Balaban J connectivity index is 1.58. The van der Waals surface area contributed by atoms with Gasteiger partial charge >= 0.3 is 0 Å². The summed E-state index contributed by atoms with van der Waals surface area (Å²) in [5.74, 6) is 0.286. The first-order chi connectivity index (χ1) is 11.5. The standard InChI is InChI=1S/C17H17BrClN3OS/c18-12-1-6-16(15(19)11-12)20-17(24)22-9-7-21(8-10-22)13-2-4-14(23)5-3-13/h1-6,11,23H,7-10H2,(H,20,24). The van der Waals surface area contributed by atoms with Gasteiger partial charge < -0.3 is 20.2 Å². The number of anilines is 2. The number of nitrogens with zero attached hydrogens (tertiary/aromatic N) is 2. The van der Waals surface area contributed by atoms with E-state index in [-0.39, 0.29) is 5.75 Å². The van der Waals surface area contributed by atoms with Crippen molar-refractivity contribution in [3.05, 3.63) is 52.0 Å². The fraction of sp³-hybridized carbons (Fsp3) is 0.235. The van der Waals surface area contributed by atoms with Crippen molar-refractivity contribution in [2.24, 2.45) is 0 Å². The average molecular weight is 427 g/mol. The average Bonchev–Trinajstić information content (AvgIpc) is 2.58. The Labute approximate surface area is 160 Å². The second kappa shape index (κ2) is 7.59. The summed E-state index contributed by atoms with van der Waals surface area (Å²) in [6, 6.07) is 13.0. The van der Waals surface area contributed by atoms with E-state index >= 15 is 0 Å². The maximum absolute atomic E-state index is 9.38. The van der Waals surface area contributed by atoms with Gasteiger partial charge in [-0.25, -0.2) is 0 Å². The molecule has 0 spiro atoms. The molecular formula is C17H17BrClN3OS. The zero-order chi connectivity index (χ0) is 17.1. The molecule has 126 valence electrons. The van der Waals surface area contributed by atoms with Gasteiger partial charge in [-0.15, -0.1) is 0 Å². The zero-order valence-electron chi connectivity index (χ0n) is 12.9. The van der Waals surface area contributed by atoms with Gasteiger partial charge in [0.2, 0.25) is 0 Å². The first kappa shape index (κ1) is 17.3. The van der Waals surface area contributed by atoms with Crippen LogP contribution in [-0.4, -0.2) is 41.3 Å². The van der Waals surface area contributed by atoms with Crippen LogP contribution in [0.1, 0.15) is 0 Å². The van der Waals surface area contributed by atoms with E-state index in [1.54, 1.807) is 12.1 Å². The number of benzene rings is 2. The summed E-state index contributed by atoms with van der Waals surface area (Å²) in [5.41, 5.74) is 1.92. The maximum Gasteiger partial charge on any atom is 0.173 e. The molecule has 0 unspecified atom stereocenters. The van der Waals surface area contributed by atoms with Gasteiger partial charge in [-0.2, -0.15) is 0 Å². The molecule has 0 saturated carbocycles. The Morgan fingerprint density at radius 3 is 2.38 bits per heavy atom. The van der Waals surface area contributed by atoms with E-state index in [2.05, 4.69) is 31.0 Å². The lowest BCUT2D eigenvalue weighted by Gasteiger charge is -2.37. The highest BCUT2D eigenvalue weighted by atomic mass is 79.9. The summed E-state index contributed by atoms with van der Waals surface area (Å²) >= 11 is 15.1. The minimum atomic E-state index is 0.286. The van der Waals surface area contributed by atoms with Gasteiger partial charge in [-0.1, -0.05) is 27.5 Å². The van der Waals surface area contributed by atoms with Crippen molar-refractivity contribution in [2.75, 3.05) is 36.4 Å². The van der Waals surface area contributed by atoms with Gasteiger partial charge in [0.1, 0.15) is 5.75 Å². The van der Waals surface area contributed by atoms with Crippen LogP contribution in [0.25, 0.3) is 0 Å². The number of hydrogen-bond donors (Lipinski definition) is 2.